The van der Waals surface area contributed by atoms with Gasteiger partial charge in [0.05, 0.1) is 0 Å². The Labute approximate surface area is 94.9 Å². The zero-order valence-electron chi connectivity index (χ0n) is 9.23. The van der Waals surface area contributed by atoms with Gasteiger partial charge in [0.15, 0.2) is 0 Å². The number of hydrogen-bond donors (Lipinski definition) is 0. The van der Waals surface area contributed by atoms with Gasteiger partial charge in [0, 0.05) is 28.7 Å². The third-order valence-corrected chi connectivity index (χ3v) is 3.60. The van der Waals surface area contributed by atoms with Crippen molar-refractivity contribution < 1.29 is 4.79 Å². The van der Waals surface area contributed by atoms with E-state index < -0.39 is 0 Å². The number of benzene rings is 1. The van der Waals surface area contributed by atoms with Gasteiger partial charge in [-0.05, 0) is 37.1 Å². The van der Waals surface area contributed by atoms with Gasteiger partial charge in [-0.15, -0.1) is 0 Å². The van der Waals surface area contributed by atoms with Gasteiger partial charge in [-0.1, -0.05) is 12.8 Å². The lowest BCUT2D eigenvalue weighted by Gasteiger charge is -2.13. The standard InChI is InChI=1S/C14H15NO/c16-10-11-5-6-14-12(9-11)7-8-15(14)13-3-1-2-4-13/h5-10,13H,1-4H2. The fraction of sp³-hybridized carbons (Fsp3) is 0.357. The molecule has 0 bridgehead atoms. The van der Waals surface area contributed by atoms with E-state index in [1.807, 2.05) is 12.1 Å². The summed E-state index contributed by atoms with van der Waals surface area (Å²) in [6.45, 7) is 0. The summed E-state index contributed by atoms with van der Waals surface area (Å²) in [6.07, 6.45) is 8.34. The third-order valence-electron chi connectivity index (χ3n) is 3.60. The summed E-state index contributed by atoms with van der Waals surface area (Å²) >= 11 is 0. The summed E-state index contributed by atoms with van der Waals surface area (Å²) < 4.78 is 2.37. The van der Waals surface area contributed by atoms with Gasteiger partial charge in [0.2, 0.25) is 0 Å². The van der Waals surface area contributed by atoms with Crippen LogP contribution in [0, 0.1) is 0 Å². The number of hydrogen-bond acceptors (Lipinski definition) is 1. The average Bonchev–Trinajstić information content (AvgIpc) is 2.96. The van der Waals surface area contributed by atoms with Crippen LogP contribution in [0.25, 0.3) is 10.9 Å². The molecule has 0 amide bonds. The quantitative estimate of drug-likeness (QED) is 0.699. The molecule has 0 saturated heterocycles. The first-order valence-electron chi connectivity index (χ1n) is 5.94. The van der Waals surface area contributed by atoms with Crippen molar-refractivity contribution >= 4 is 17.2 Å². The topological polar surface area (TPSA) is 22.0 Å². The van der Waals surface area contributed by atoms with E-state index in [0.717, 1.165) is 11.8 Å². The summed E-state index contributed by atoms with van der Waals surface area (Å²) in [7, 11) is 0. The van der Waals surface area contributed by atoms with Crippen molar-refractivity contribution in [3.05, 3.63) is 36.0 Å². The smallest absolute Gasteiger partial charge is 0.150 e. The first kappa shape index (κ1) is 9.64. The van der Waals surface area contributed by atoms with E-state index in [-0.39, 0.29) is 0 Å². The predicted octanol–water partition coefficient (Wildman–Crippen LogP) is 3.57. The molecule has 82 valence electrons. The van der Waals surface area contributed by atoms with Crippen molar-refractivity contribution in [1.82, 2.24) is 4.57 Å². The van der Waals surface area contributed by atoms with Crippen LogP contribution in [0.2, 0.25) is 0 Å². The second kappa shape index (κ2) is 3.78. The van der Waals surface area contributed by atoms with E-state index in [4.69, 9.17) is 0 Å². The average molecular weight is 213 g/mol. The van der Waals surface area contributed by atoms with E-state index in [9.17, 15) is 4.79 Å². The Bertz CT molecular complexity index is 521. The lowest BCUT2D eigenvalue weighted by atomic mass is 10.1. The largest absolute Gasteiger partial charge is 0.344 e. The van der Waals surface area contributed by atoms with Gasteiger partial charge in [-0.25, -0.2) is 0 Å². The van der Waals surface area contributed by atoms with Gasteiger partial charge < -0.3 is 4.57 Å². The molecule has 2 heteroatoms. The molecule has 3 rings (SSSR count). The summed E-state index contributed by atoms with van der Waals surface area (Å²) in [5.41, 5.74) is 2.02. The maximum atomic E-state index is 10.7. The Morgan fingerprint density at radius 3 is 2.75 bits per heavy atom. The molecular formula is C14H15NO. The van der Waals surface area contributed by atoms with Crippen molar-refractivity contribution in [3.63, 3.8) is 0 Å². The minimum atomic E-state index is 0.666. The summed E-state index contributed by atoms with van der Waals surface area (Å²) in [5.74, 6) is 0. The molecule has 1 aromatic carbocycles. The zero-order chi connectivity index (χ0) is 11.0. The van der Waals surface area contributed by atoms with Crippen LogP contribution < -0.4 is 0 Å². The van der Waals surface area contributed by atoms with E-state index in [1.165, 1.54) is 36.6 Å². The molecule has 0 atom stereocenters. The Hall–Kier alpha value is -1.57. The van der Waals surface area contributed by atoms with Gasteiger partial charge in [-0.2, -0.15) is 0 Å². The van der Waals surface area contributed by atoms with E-state index in [1.54, 1.807) is 0 Å². The second-order valence-electron chi connectivity index (χ2n) is 4.60. The molecule has 1 heterocycles. The Morgan fingerprint density at radius 1 is 1.19 bits per heavy atom. The van der Waals surface area contributed by atoms with Gasteiger partial charge >= 0.3 is 0 Å². The molecule has 0 N–H and O–H groups in total. The molecule has 1 aromatic heterocycles. The van der Waals surface area contributed by atoms with E-state index >= 15 is 0 Å². The first-order chi connectivity index (χ1) is 7.88. The molecule has 1 saturated carbocycles. The number of carbonyl (C=O) groups excluding carboxylic acids is 1. The summed E-state index contributed by atoms with van der Waals surface area (Å²) in [5, 5.41) is 1.18. The van der Waals surface area contributed by atoms with Crippen LogP contribution in [-0.2, 0) is 0 Å². The number of rotatable bonds is 2. The van der Waals surface area contributed by atoms with Crippen LogP contribution in [0.1, 0.15) is 42.1 Å². The lowest BCUT2D eigenvalue weighted by Crippen LogP contribution is -2.02. The predicted molar refractivity (Wildman–Crippen MR) is 64.8 cm³/mol. The highest BCUT2D eigenvalue weighted by atomic mass is 16.1. The highest BCUT2D eigenvalue weighted by Gasteiger charge is 2.17. The van der Waals surface area contributed by atoms with Crippen molar-refractivity contribution in [3.8, 4) is 0 Å². The van der Waals surface area contributed by atoms with E-state index in [0.29, 0.717) is 6.04 Å². The molecule has 2 aromatic rings. The normalized spacial score (nSPS) is 17.0. The number of aromatic nitrogens is 1. The van der Waals surface area contributed by atoms with Crippen molar-refractivity contribution in [2.24, 2.45) is 0 Å². The fourth-order valence-corrected chi connectivity index (χ4v) is 2.76. The number of fused-ring (bicyclic) bond motifs is 1. The highest BCUT2D eigenvalue weighted by Crippen LogP contribution is 2.32. The van der Waals surface area contributed by atoms with E-state index in [2.05, 4.69) is 22.9 Å². The molecule has 2 nitrogen and oxygen atoms in total. The number of aldehydes is 1. The van der Waals surface area contributed by atoms with Crippen molar-refractivity contribution in [2.75, 3.05) is 0 Å². The molecule has 1 aliphatic carbocycles. The van der Waals surface area contributed by atoms with Crippen molar-refractivity contribution in [2.45, 2.75) is 31.7 Å². The molecule has 0 radical (unpaired) electrons. The molecule has 1 aliphatic rings. The minimum Gasteiger partial charge on any atom is -0.344 e. The number of nitrogens with zero attached hydrogens (tertiary/aromatic N) is 1. The Balaban J connectivity index is 2.09. The van der Waals surface area contributed by atoms with Gasteiger partial charge in [0.1, 0.15) is 6.29 Å². The summed E-state index contributed by atoms with van der Waals surface area (Å²) in [6, 6.07) is 8.71. The zero-order valence-corrected chi connectivity index (χ0v) is 9.23. The van der Waals surface area contributed by atoms with Gasteiger partial charge in [-0.3, -0.25) is 4.79 Å². The molecule has 0 aliphatic heterocycles. The lowest BCUT2D eigenvalue weighted by molar-refractivity contribution is 0.112. The van der Waals surface area contributed by atoms with Crippen molar-refractivity contribution in [1.29, 1.82) is 0 Å². The van der Waals surface area contributed by atoms with Gasteiger partial charge in [0.25, 0.3) is 0 Å². The fourth-order valence-electron chi connectivity index (χ4n) is 2.76. The van der Waals surface area contributed by atoms with Crippen LogP contribution >= 0.6 is 0 Å². The maximum Gasteiger partial charge on any atom is 0.150 e. The van der Waals surface area contributed by atoms with Crippen LogP contribution in [0.15, 0.2) is 30.5 Å². The van der Waals surface area contributed by atoms with Crippen LogP contribution in [0.5, 0.6) is 0 Å². The van der Waals surface area contributed by atoms with Crippen LogP contribution in [0.4, 0.5) is 0 Å². The second-order valence-corrected chi connectivity index (χ2v) is 4.60. The maximum absolute atomic E-state index is 10.7. The Kier molecular flexibility index (Phi) is 2.28. The molecule has 0 unspecified atom stereocenters. The monoisotopic (exact) mass is 213 g/mol. The first-order valence-corrected chi connectivity index (χ1v) is 5.94. The molecule has 1 fully saturated rings. The molecule has 0 spiro atoms. The molecule has 16 heavy (non-hydrogen) atoms. The summed E-state index contributed by atoms with van der Waals surface area (Å²) in [4.78, 5) is 10.7. The Morgan fingerprint density at radius 2 is 2.00 bits per heavy atom. The van der Waals surface area contributed by atoms with Crippen LogP contribution in [-0.4, -0.2) is 10.9 Å². The SMILES string of the molecule is O=Cc1ccc2c(ccn2C2CCCC2)c1. The number of carbonyl (C=O) groups is 1. The molecular weight excluding hydrogens is 198 g/mol. The third kappa shape index (κ3) is 1.45. The minimum absolute atomic E-state index is 0.666. The van der Waals surface area contributed by atoms with Crippen LogP contribution in [0.3, 0.4) is 0 Å². The highest BCUT2D eigenvalue weighted by molar-refractivity contribution is 5.87.